The number of alkyl halides is 4. The maximum absolute atomic E-state index is 12.6. The highest BCUT2D eigenvalue weighted by Gasteiger charge is 2.40. The first-order valence-corrected chi connectivity index (χ1v) is 5.16. The maximum atomic E-state index is 12.6. The van der Waals surface area contributed by atoms with Gasteiger partial charge in [-0.05, 0) is 6.42 Å². The number of anilines is 1. The highest BCUT2D eigenvalue weighted by atomic mass is 19.3. The van der Waals surface area contributed by atoms with E-state index < -0.39 is 18.9 Å². The molecule has 0 radical (unpaired) electrons. The predicted octanol–water partition coefficient (Wildman–Crippen LogP) is 2.74. The number of nitrogens with zero attached hydrogens (tertiary/aromatic N) is 2. The minimum absolute atomic E-state index is 0.128. The van der Waals surface area contributed by atoms with Gasteiger partial charge in [0.25, 0.3) is 0 Å². The third-order valence-electron chi connectivity index (χ3n) is 2.05. The molecule has 0 saturated carbocycles. The summed E-state index contributed by atoms with van der Waals surface area (Å²) in [5.74, 6) is -3.93. The van der Waals surface area contributed by atoms with E-state index in [-0.39, 0.29) is 5.82 Å². The molecule has 7 heteroatoms. The molecule has 0 aliphatic carbocycles. The minimum atomic E-state index is -4.06. The van der Waals surface area contributed by atoms with Crippen molar-refractivity contribution in [1.29, 1.82) is 0 Å². The molecule has 1 aromatic rings. The number of aryl methyl sites for hydroxylation is 1. The number of hydrogen-bond donors (Lipinski definition) is 1. The van der Waals surface area contributed by atoms with Crippen LogP contribution < -0.4 is 5.32 Å². The smallest absolute Gasteiger partial charge is 0.324 e. The molecule has 1 aromatic heterocycles. The molecule has 0 bridgehead atoms. The van der Waals surface area contributed by atoms with E-state index in [2.05, 4.69) is 15.3 Å². The van der Waals surface area contributed by atoms with Crippen LogP contribution in [0.3, 0.4) is 0 Å². The number of aromatic nitrogens is 2. The largest absolute Gasteiger partial charge is 0.364 e. The quantitative estimate of drug-likeness (QED) is 0.790. The van der Waals surface area contributed by atoms with E-state index in [1.54, 1.807) is 0 Å². The number of nitrogens with one attached hydrogen (secondary N) is 1. The van der Waals surface area contributed by atoms with Crippen molar-refractivity contribution in [3.63, 3.8) is 0 Å². The van der Waals surface area contributed by atoms with Gasteiger partial charge in [-0.3, -0.25) is 0 Å². The Morgan fingerprint density at radius 2 is 2.06 bits per heavy atom. The Labute approximate surface area is 96.3 Å². The van der Waals surface area contributed by atoms with Crippen LogP contribution in [0.4, 0.5) is 23.4 Å². The molecule has 0 aliphatic rings. The van der Waals surface area contributed by atoms with Crippen LogP contribution in [0.25, 0.3) is 0 Å². The van der Waals surface area contributed by atoms with Crippen LogP contribution in [0.5, 0.6) is 0 Å². The van der Waals surface area contributed by atoms with Gasteiger partial charge in [0.1, 0.15) is 12.1 Å². The summed E-state index contributed by atoms with van der Waals surface area (Å²) in [4.78, 5) is 7.61. The van der Waals surface area contributed by atoms with Crippen molar-refractivity contribution in [2.75, 3.05) is 11.9 Å². The van der Waals surface area contributed by atoms with Crippen molar-refractivity contribution >= 4 is 5.82 Å². The first-order valence-electron chi connectivity index (χ1n) is 5.16. The second-order valence-corrected chi connectivity index (χ2v) is 3.56. The molecule has 3 nitrogen and oxygen atoms in total. The van der Waals surface area contributed by atoms with Gasteiger partial charge in [-0.1, -0.05) is 13.3 Å². The number of rotatable bonds is 6. The van der Waals surface area contributed by atoms with Crippen molar-refractivity contribution in [2.45, 2.75) is 32.1 Å². The molecule has 17 heavy (non-hydrogen) atoms. The van der Waals surface area contributed by atoms with Gasteiger partial charge in [-0.25, -0.2) is 18.7 Å². The maximum Gasteiger partial charge on any atom is 0.324 e. The lowest BCUT2D eigenvalue weighted by molar-refractivity contribution is -0.117. The van der Waals surface area contributed by atoms with Crippen molar-refractivity contribution in [3.05, 3.63) is 18.1 Å². The molecule has 96 valence electrons. The molecule has 0 unspecified atom stereocenters. The van der Waals surface area contributed by atoms with Gasteiger partial charge in [-0.2, -0.15) is 8.78 Å². The van der Waals surface area contributed by atoms with Gasteiger partial charge in [0, 0.05) is 11.8 Å². The van der Waals surface area contributed by atoms with Gasteiger partial charge in [0.05, 0.1) is 6.54 Å². The van der Waals surface area contributed by atoms with Crippen molar-refractivity contribution in [1.82, 2.24) is 9.97 Å². The summed E-state index contributed by atoms with van der Waals surface area (Å²) in [5, 5.41) is 2.18. The van der Waals surface area contributed by atoms with E-state index in [4.69, 9.17) is 0 Å². The summed E-state index contributed by atoms with van der Waals surface area (Å²) in [6.07, 6.45) is -0.938. The minimum Gasteiger partial charge on any atom is -0.364 e. The van der Waals surface area contributed by atoms with Crippen molar-refractivity contribution < 1.29 is 17.6 Å². The molecule has 0 saturated heterocycles. The van der Waals surface area contributed by atoms with Crippen LogP contribution in [0.2, 0.25) is 0 Å². The molecular weight excluding hydrogens is 238 g/mol. The molecule has 0 aromatic carbocycles. The SMILES string of the molecule is CCCc1cc(NCC(F)(F)C(F)F)ncn1. The van der Waals surface area contributed by atoms with Crippen molar-refractivity contribution in [3.8, 4) is 0 Å². The summed E-state index contributed by atoms with van der Waals surface area (Å²) < 4.78 is 49.0. The summed E-state index contributed by atoms with van der Waals surface area (Å²) in [5.41, 5.74) is 0.686. The lowest BCUT2D eigenvalue weighted by atomic mass is 10.2. The lowest BCUT2D eigenvalue weighted by Gasteiger charge is -2.16. The molecule has 0 aliphatic heterocycles. The molecule has 1 rings (SSSR count). The Morgan fingerprint density at radius 3 is 2.65 bits per heavy atom. The van der Waals surface area contributed by atoms with E-state index >= 15 is 0 Å². The Morgan fingerprint density at radius 1 is 1.35 bits per heavy atom. The zero-order valence-corrected chi connectivity index (χ0v) is 9.26. The van der Waals surface area contributed by atoms with E-state index in [0.29, 0.717) is 12.1 Å². The standard InChI is InChI=1S/C10H13F4N3/c1-2-3-7-4-8(17-6-16-7)15-5-10(13,14)9(11)12/h4,6,9H,2-3,5H2,1H3,(H,15,16,17). The molecule has 1 N–H and O–H groups in total. The van der Waals surface area contributed by atoms with Crippen LogP contribution in [-0.4, -0.2) is 28.9 Å². The van der Waals surface area contributed by atoms with Gasteiger partial charge < -0.3 is 5.32 Å². The number of hydrogen-bond acceptors (Lipinski definition) is 3. The van der Waals surface area contributed by atoms with Crippen molar-refractivity contribution in [2.24, 2.45) is 0 Å². The summed E-state index contributed by atoms with van der Waals surface area (Å²) >= 11 is 0. The van der Waals surface area contributed by atoms with Crippen LogP contribution in [0.15, 0.2) is 12.4 Å². The second-order valence-electron chi connectivity index (χ2n) is 3.56. The van der Waals surface area contributed by atoms with E-state index in [1.165, 1.54) is 12.4 Å². The van der Waals surface area contributed by atoms with Gasteiger partial charge in [0.2, 0.25) is 0 Å². The zero-order chi connectivity index (χ0) is 12.9. The summed E-state index contributed by atoms with van der Waals surface area (Å²) in [7, 11) is 0. The Balaban J connectivity index is 2.60. The number of halogens is 4. The van der Waals surface area contributed by atoms with Gasteiger partial charge in [-0.15, -0.1) is 0 Å². The fraction of sp³-hybridized carbons (Fsp3) is 0.600. The molecule has 1 heterocycles. The molecule has 0 amide bonds. The van der Waals surface area contributed by atoms with Crippen LogP contribution in [0.1, 0.15) is 19.0 Å². The highest BCUT2D eigenvalue weighted by molar-refractivity contribution is 5.35. The highest BCUT2D eigenvalue weighted by Crippen LogP contribution is 2.22. The first kappa shape index (κ1) is 13.7. The normalized spacial score (nSPS) is 11.9. The Kier molecular flexibility index (Phi) is 4.65. The topological polar surface area (TPSA) is 37.8 Å². The van der Waals surface area contributed by atoms with Crippen LogP contribution >= 0.6 is 0 Å². The third kappa shape index (κ3) is 4.16. The Hall–Kier alpha value is -1.40. The van der Waals surface area contributed by atoms with E-state index in [9.17, 15) is 17.6 Å². The summed E-state index contributed by atoms with van der Waals surface area (Å²) in [6.45, 7) is 0.799. The molecule has 0 atom stereocenters. The van der Waals surface area contributed by atoms with E-state index in [1.807, 2.05) is 6.92 Å². The monoisotopic (exact) mass is 251 g/mol. The fourth-order valence-electron chi connectivity index (χ4n) is 1.17. The van der Waals surface area contributed by atoms with Gasteiger partial charge in [0.15, 0.2) is 0 Å². The predicted molar refractivity (Wildman–Crippen MR) is 55.5 cm³/mol. The van der Waals surface area contributed by atoms with Crippen LogP contribution in [-0.2, 0) is 6.42 Å². The van der Waals surface area contributed by atoms with E-state index in [0.717, 1.165) is 6.42 Å². The Bertz CT molecular complexity index is 357. The first-order chi connectivity index (χ1) is 7.95. The van der Waals surface area contributed by atoms with Crippen LogP contribution in [0, 0.1) is 0 Å². The fourth-order valence-corrected chi connectivity index (χ4v) is 1.17. The second kappa shape index (κ2) is 5.79. The molecular formula is C10H13F4N3. The van der Waals surface area contributed by atoms with Gasteiger partial charge >= 0.3 is 12.3 Å². The average molecular weight is 251 g/mol. The zero-order valence-electron chi connectivity index (χ0n) is 9.26. The average Bonchev–Trinajstić information content (AvgIpc) is 2.27. The third-order valence-corrected chi connectivity index (χ3v) is 2.05. The molecule has 0 spiro atoms. The lowest BCUT2D eigenvalue weighted by Crippen LogP contribution is -2.35. The molecule has 0 fully saturated rings. The summed E-state index contributed by atoms with van der Waals surface area (Å²) in [6, 6.07) is 1.48.